The molecule has 1 aromatic heterocycles. The quantitative estimate of drug-likeness (QED) is 0.433. The second-order valence-electron chi connectivity index (χ2n) is 7.41. The highest BCUT2D eigenvalue weighted by Gasteiger charge is 2.18. The summed E-state index contributed by atoms with van der Waals surface area (Å²) in [6, 6.07) is 9.22. The molecule has 33 heavy (non-hydrogen) atoms. The van der Waals surface area contributed by atoms with Crippen LogP contribution in [0.25, 0.3) is 11.0 Å². The molecule has 0 unspecified atom stereocenters. The topological polar surface area (TPSA) is 108 Å². The third kappa shape index (κ3) is 5.84. The van der Waals surface area contributed by atoms with Crippen LogP contribution in [0.4, 0.5) is 4.39 Å². The first-order valence-corrected chi connectivity index (χ1v) is 13.0. The van der Waals surface area contributed by atoms with Gasteiger partial charge in [0.2, 0.25) is 15.9 Å². The largest absolute Gasteiger partial charge is 0.494 e. The number of aryl methyl sites for hydroxylation is 1. The number of nitrogens with two attached hydrogens (primary N) is 1. The molecular weight excluding hydrogens is 467 g/mol. The molecule has 0 bridgehead atoms. The minimum Gasteiger partial charge on any atom is -0.494 e. The van der Waals surface area contributed by atoms with Gasteiger partial charge >= 0.3 is 0 Å². The SMILES string of the molecule is CCCn1c(SCC(=O)N(CC)Cc2ccc(OC)c(F)c2)nc2cc(S(N)(=O)=O)ccc21. The summed E-state index contributed by atoms with van der Waals surface area (Å²) < 4.78 is 44.3. The van der Waals surface area contributed by atoms with E-state index in [-0.39, 0.29) is 28.8 Å². The molecule has 0 aliphatic rings. The summed E-state index contributed by atoms with van der Waals surface area (Å²) >= 11 is 1.28. The summed E-state index contributed by atoms with van der Waals surface area (Å²) in [5.41, 5.74) is 1.95. The molecule has 0 radical (unpaired) electrons. The third-order valence-electron chi connectivity index (χ3n) is 5.11. The van der Waals surface area contributed by atoms with Crippen molar-refractivity contribution in [2.75, 3.05) is 19.4 Å². The minimum absolute atomic E-state index is 0.00680. The fraction of sp³-hybridized carbons (Fsp3) is 0.364. The number of amides is 1. The monoisotopic (exact) mass is 494 g/mol. The number of fused-ring (bicyclic) bond motifs is 1. The molecule has 1 amide bonds. The number of carbonyl (C=O) groups excluding carboxylic acids is 1. The highest BCUT2D eigenvalue weighted by molar-refractivity contribution is 7.99. The Labute approximate surface area is 197 Å². The van der Waals surface area contributed by atoms with Crippen LogP contribution < -0.4 is 9.88 Å². The summed E-state index contributed by atoms with van der Waals surface area (Å²) in [6.07, 6.45) is 0.841. The summed E-state index contributed by atoms with van der Waals surface area (Å²) in [5.74, 6) is -0.287. The van der Waals surface area contributed by atoms with Crippen molar-refractivity contribution in [1.29, 1.82) is 0 Å². The molecule has 178 valence electrons. The number of aromatic nitrogens is 2. The number of primary sulfonamides is 1. The number of halogens is 1. The van der Waals surface area contributed by atoms with Gasteiger partial charge in [0, 0.05) is 19.6 Å². The zero-order valence-electron chi connectivity index (χ0n) is 18.7. The van der Waals surface area contributed by atoms with Crippen LogP contribution in [0, 0.1) is 5.82 Å². The van der Waals surface area contributed by atoms with Gasteiger partial charge in [0.25, 0.3) is 0 Å². The molecule has 3 rings (SSSR count). The van der Waals surface area contributed by atoms with E-state index in [4.69, 9.17) is 9.88 Å². The van der Waals surface area contributed by atoms with Crippen LogP contribution >= 0.6 is 11.8 Å². The van der Waals surface area contributed by atoms with Gasteiger partial charge in [-0.15, -0.1) is 0 Å². The average molecular weight is 495 g/mol. The van der Waals surface area contributed by atoms with Gasteiger partial charge in [0.05, 0.1) is 28.8 Å². The fourth-order valence-corrected chi connectivity index (χ4v) is 4.91. The molecule has 0 aliphatic heterocycles. The molecule has 0 aliphatic carbocycles. The number of rotatable bonds is 10. The van der Waals surface area contributed by atoms with E-state index in [1.165, 1.54) is 37.1 Å². The Kier molecular flexibility index (Phi) is 7.98. The van der Waals surface area contributed by atoms with E-state index in [1.807, 2.05) is 18.4 Å². The van der Waals surface area contributed by atoms with Crippen LogP contribution in [0.2, 0.25) is 0 Å². The van der Waals surface area contributed by atoms with E-state index < -0.39 is 15.8 Å². The first kappa shape index (κ1) is 25.0. The number of hydrogen-bond acceptors (Lipinski definition) is 6. The normalized spacial score (nSPS) is 11.7. The van der Waals surface area contributed by atoms with Crippen molar-refractivity contribution in [2.45, 2.75) is 43.4 Å². The summed E-state index contributed by atoms with van der Waals surface area (Å²) in [5, 5.41) is 5.86. The van der Waals surface area contributed by atoms with Crippen molar-refractivity contribution in [1.82, 2.24) is 14.5 Å². The lowest BCUT2D eigenvalue weighted by Crippen LogP contribution is -2.31. The second-order valence-corrected chi connectivity index (χ2v) is 9.91. The van der Waals surface area contributed by atoms with E-state index in [2.05, 4.69) is 4.98 Å². The first-order valence-electron chi connectivity index (χ1n) is 10.4. The van der Waals surface area contributed by atoms with Crippen LogP contribution in [0.1, 0.15) is 25.8 Å². The molecule has 2 aromatic carbocycles. The van der Waals surface area contributed by atoms with E-state index >= 15 is 0 Å². The van der Waals surface area contributed by atoms with Crippen molar-refractivity contribution in [3.05, 3.63) is 47.8 Å². The number of ether oxygens (including phenoxy) is 1. The Balaban J connectivity index is 1.77. The molecule has 0 fully saturated rings. The lowest BCUT2D eigenvalue weighted by atomic mass is 10.2. The van der Waals surface area contributed by atoms with Gasteiger partial charge in [-0.1, -0.05) is 24.8 Å². The van der Waals surface area contributed by atoms with Gasteiger partial charge in [-0.25, -0.2) is 22.9 Å². The first-order chi connectivity index (χ1) is 15.7. The lowest BCUT2D eigenvalue weighted by molar-refractivity contribution is -0.128. The minimum atomic E-state index is -3.84. The Morgan fingerprint density at radius 3 is 2.61 bits per heavy atom. The van der Waals surface area contributed by atoms with Crippen molar-refractivity contribution < 1.29 is 22.3 Å². The van der Waals surface area contributed by atoms with Crippen LogP contribution in [0.5, 0.6) is 5.75 Å². The molecule has 0 spiro atoms. The average Bonchev–Trinajstić information content (AvgIpc) is 3.12. The molecule has 0 saturated heterocycles. The Hall–Kier alpha value is -2.63. The van der Waals surface area contributed by atoms with Gasteiger partial charge in [0.1, 0.15) is 0 Å². The van der Waals surface area contributed by atoms with Gasteiger partial charge in [0.15, 0.2) is 16.7 Å². The van der Waals surface area contributed by atoms with Gasteiger partial charge < -0.3 is 14.2 Å². The zero-order valence-corrected chi connectivity index (χ0v) is 20.4. The Morgan fingerprint density at radius 1 is 1.24 bits per heavy atom. The maximum absolute atomic E-state index is 14.0. The maximum atomic E-state index is 14.0. The van der Waals surface area contributed by atoms with E-state index in [0.29, 0.717) is 29.3 Å². The number of sulfonamides is 1. The summed E-state index contributed by atoms with van der Waals surface area (Å²) in [6.45, 7) is 5.31. The van der Waals surface area contributed by atoms with Gasteiger partial charge in [-0.3, -0.25) is 4.79 Å². The van der Waals surface area contributed by atoms with Gasteiger partial charge in [-0.2, -0.15) is 0 Å². The fourth-order valence-electron chi connectivity index (χ4n) is 3.44. The number of methoxy groups -OCH3 is 1. The molecule has 11 heteroatoms. The van der Waals surface area contributed by atoms with Crippen LogP contribution in [-0.2, 0) is 27.9 Å². The number of benzene rings is 2. The Bertz CT molecular complexity index is 1260. The molecule has 8 nitrogen and oxygen atoms in total. The molecule has 0 atom stereocenters. The number of hydrogen-bond donors (Lipinski definition) is 1. The summed E-state index contributed by atoms with van der Waals surface area (Å²) in [4.78, 5) is 19.1. The van der Waals surface area contributed by atoms with E-state index in [9.17, 15) is 17.6 Å². The zero-order chi connectivity index (χ0) is 24.2. The maximum Gasteiger partial charge on any atom is 0.238 e. The van der Waals surface area contributed by atoms with Crippen LogP contribution in [0.15, 0.2) is 46.5 Å². The van der Waals surface area contributed by atoms with Crippen molar-refractivity contribution >= 4 is 38.7 Å². The van der Waals surface area contributed by atoms with Crippen molar-refractivity contribution in [2.24, 2.45) is 5.14 Å². The standard InChI is InChI=1S/C22H27FN4O4S2/c1-4-10-27-19-8-7-16(33(24,29)30)12-18(19)25-22(27)32-14-21(28)26(5-2)13-15-6-9-20(31-3)17(23)11-15/h6-9,11-12H,4-5,10,13-14H2,1-3H3,(H2,24,29,30). The van der Waals surface area contributed by atoms with E-state index in [1.54, 1.807) is 23.1 Å². The van der Waals surface area contributed by atoms with Gasteiger partial charge in [-0.05, 0) is 49.2 Å². The number of imidazole rings is 1. The molecule has 2 N–H and O–H groups in total. The highest BCUT2D eigenvalue weighted by Crippen LogP contribution is 2.27. The predicted molar refractivity (Wildman–Crippen MR) is 126 cm³/mol. The molecule has 0 saturated carbocycles. The molecule has 3 aromatic rings. The number of thioether (sulfide) groups is 1. The summed E-state index contributed by atoms with van der Waals surface area (Å²) in [7, 11) is -2.44. The number of nitrogens with zero attached hydrogens (tertiary/aromatic N) is 3. The van der Waals surface area contributed by atoms with Crippen LogP contribution in [-0.4, -0.2) is 48.2 Å². The predicted octanol–water partition coefficient (Wildman–Crippen LogP) is 3.38. The number of carbonyl (C=O) groups is 1. The highest BCUT2D eigenvalue weighted by atomic mass is 32.2. The van der Waals surface area contributed by atoms with Crippen molar-refractivity contribution in [3.63, 3.8) is 0 Å². The van der Waals surface area contributed by atoms with Crippen LogP contribution in [0.3, 0.4) is 0 Å². The molecular formula is C22H27FN4O4S2. The third-order valence-corrected chi connectivity index (χ3v) is 6.98. The Morgan fingerprint density at radius 2 is 2.00 bits per heavy atom. The lowest BCUT2D eigenvalue weighted by Gasteiger charge is -2.21. The second kappa shape index (κ2) is 10.5. The van der Waals surface area contributed by atoms with Crippen molar-refractivity contribution in [3.8, 4) is 5.75 Å². The van der Waals surface area contributed by atoms with E-state index in [0.717, 1.165) is 11.9 Å². The smallest absolute Gasteiger partial charge is 0.238 e. The molecule has 1 heterocycles.